The molecule has 124 valence electrons. The molecular formula is C18H36N2O. The first kappa shape index (κ1) is 17.2. The van der Waals surface area contributed by atoms with E-state index in [1.165, 1.54) is 70.9 Å². The Balaban J connectivity index is 1.91. The summed E-state index contributed by atoms with van der Waals surface area (Å²) in [5.41, 5.74) is 0.411. The van der Waals surface area contributed by atoms with Crippen molar-refractivity contribution in [3.63, 3.8) is 0 Å². The molecule has 3 nitrogen and oxygen atoms in total. The van der Waals surface area contributed by atoms with Crippen molar-refractivity contribution in [2.75, 3.05) is 26.7 Å². The number of nitrogens with one attached hydrogen (secondary N) is 1. The van der Waals surface area contributed by atoms with Crippen molar-refractivity contribution in [1.82, 2.24) is 10.2 Å². The van der Waals surface area contributed by atoms with Gasteiger partial charge in [-0.2, -0.15) is 0 Å². The molecule has 0 aromatic rings. The molecule has 2 fully saturated rings. The third-order valence-electron chi connectivity index (χ3n) is 5.90. The lowest BCUT2D eigenvalue weighted by Gasteiger charge is -2.46. The molecular weight excluding hydrogens is 260 g/mol. The summed E-state index contributed by atoms with van der Waals surface area (Å²) in [6.07, 6.45) is 12.5. The Hall–Kier alpha value is -0.120. The van der Waals surface area contributed by atoms with Crippen LogP contribution >= 0.6 is 0 Å². The normalized spacial score (nSPS) is 26.6. The fourth-order valence-corrected chi connectivity index (χ4v) is 4.83. The minimum Gasteiger partial charge on any atom is -0.378 e. The summed E-state index contributed by atoms with van der Waals surface area (Å²) in [5.74, 6) is 0. The van der Waals surface area contributed by atoms with E-state index in [-0.39, 0.29) is 0 Å². The molecule has 1 N–H and O–H groups in total. The second kappa shape index (κ2) is 8.50. The summed E-state index contributed by atoms with van der Waals surface area (Å²) in [5, 5.41) is 3.68. The Bertz CT molecular complexity index is 279. The lowest BCUT2D eigenvalue weighted by atomic mass is 9.82. The van der Waals surface area contributed by atoms with Crippen LogP contribution in [0.25, 0.3) is 0 Å². The zero-order valence-electron chi connectivity index (χ0n) is 14.5. The zero-order valence-corrected chi connectivity index (χ0v) is 14.5. The molecule has 1 heterocycles. The van der Waals surface area contributed by atoms with Gasteiger partial charge >= 0.3 is 0 Å². The van der Waals surface area contributed by atoms with Crippen molar-refractivity contribution >= 4 is 0 Å². The molecule has 1 saturated heterocycles. The molecule has 0 spiro atoms. The van der Waals surface area contributed by atoms with Crippen molar-refractivity contribution < 1.29 is 4.74 Å². The number of likely N-dealkylation sites (N-methyl/N-ethyl adjacent to an activating group) is 2. The molecule has 1 aliphatic carbocycles. The van der Waals surface area contributed by atoms with Crippen molar-refractivity contribution in [2.45, 2.75) is 89.3 Å². The first-order chi connectivity index (χ1) is 10.3. The Morgan fingerprint density at radius 1 is 1.19 bits per heavy atom. The molecule has 0 aromatic heterocycles. The highest BCUT2D eigenvalue weighted by molar-refractivity contribution is 5.02. The molecule has 0 bridgehead atoms. The highest BCUT2D eigenvalue weighted by Gasteiger charge is 2.43. The van der Waals surface area contributed by atoms with Crippen molar-refractivity contribution in [3.8, 4) is 0 Å². The van der Waals surface area contributed by atoms with E-state index in [0.717, 1.165) is 6.61 Å². The van der Waals surface area contributed by atoms with Gasteiger partial charge in [-0.1, -0.05) is 26.7 Å². The van der Waals surface area contributed by atoms with Gasteiger partial charge in [-0.05, 0) is 65.1 Å². The molecule has 3 heteroatoms. The maximum atomic E-state index is 5.78. The molecule has 1 saturated carbocycles. The van der Waals surface area contributed by atoms with E-state index < -0.39 is 0 Å². The SMILES string of the molecule is CCN(CC)C1(C(CCCC2CCCO2)NC)CCCC1. The number of hydrogen-bond donors (Lipinski definition) is 1. The Kier molecular flexibility index (Phi) is 6.97. The second-order valence-electron chi connectivity index (χ2n) is 6.89. The van der Waals surface area contributed by atoms with Crippen LogP contribution in [0.1, 0.15) is 71.6 Å². The second-order valence-corrected chi connectivity index (χ2v) is 6.89. The van der Waals surface area contributed by atoms with Gasteiger partial charge in [-0.3, -0.25) is 4.90 Å². The molecule has 2 rings (SSSR count). The predicted molar refractivity (Wildman–Crippen MR) is 89.8 cm³/mol. The predicted octanol–water partition coefficient (Wildman–Crippen LogP) is 3.58. The van der Waals surface area contributed by atoms with Crippen LogP contribution in [0.3, 0.4) is 0 Å². The molecule has 2 aliphatic rings. The van der Waals surface area contributed by atoms with Gasteiger partial charge in [0.1, 0.15) is 0 Å². The average Bonchev–Trinajstić information content (AvgIpc) is 3.17. The van der Waals surface area contributed by atoms with Crippen LogP contribution in [-0.4, -0.2) is 49.3 Å². The smallest absolute Gasteiger partial charge is 0.0576 e. The molecule has 21 heavy (non-hydrogen) atoms. The number of rotatable bonds is 9. The highest BCUT2D eigenvalue weighted by Crippen LogP contribution is 2.39. The minimum absolute atomic E-state index is 0.411. The van der Waals surface area contributed by atoms with E-state index in [1.807, 2.05) is 0 Å². The summed E-state index contributed by atoms with van der Waals surface area (Å²) in [4.78, 5) is 2.73. The van der Waals surface area contributed by atoms with Gasteiger partial charge in [0.05, 0.1) is 6.10 Å². The van der Waals surface area contributed by atoms with Crippen LogP contribution in [-0.2, 0) is 4.74 Å². The highest BCUT2D eigenvalue weighted by atomic mass is 16.5. The van der Waals surface area contributed by atoms with Crippen LogP contribution in [0.2, 0.25) is 0 Å². The maximum Gasteiger partial charge on any atom is 0.0576 e. The maximum absolute atomic E-state index is 5.78. The Labute approximate surface area is 131 Å². The van der Waals surface area contributed by atoms with E-state index in [2.05, 4.69) is 31.1 Å². The number of nitrogens with zero attached hydrogens (tertiary/aromatic N) is 1. The Morgan fingerprint density at radius 2 is 1.90 bits per heavy atom. The van der Waals surface area contributed by atoms with Crippen LogP contribution in [0.4, 0.5) is 0 Å². The summed E-state index contributed by atoms with van der Waals surface area (Å²) in [6, 6.07) is 0.640. The lowest BCUT2D eigenvalue weighted by molar-refractivity contribution is 0.0572. The van der Waals surface area contributed by atoms with Gasteiger partial charge in [0, 0.05) is 18.2 Å². The van der Waals surface area contributed by atoms with Crippen LogP contribution in [0.5, 0.6) is 0 Å². The van der Waals surface area contributed by atoms with Crippen LogP contribution < -0.4 is 5.32 Å². The van der Waals surface area contributed by atoms with E-state index in [1.54, 1.807) is 0 Å². The zero-order chi connectivity index (χ0) is 15.1. The van der Waals surface area contributed by atoms with Gasteiger partial charge in [0.15, 0.2) is 0 Å². The lowest BCUT2D eigenvalue weighted by Crippen LogP contribution is -2.59. The summed E-state index contributed by atoms with van der Waals surface area (Å²) < 4.78 is 5.78. The van der Waals surface area contributed by atoms with Gasteiger partial charge in [-0.15, -0.1) is 0 Å². The molecule has 2 unspecified atom stereocenters. The number of ether oxygens (including phenoxy) is 1. The fourth-order valence-electron chi connectivity index (χ4n) is 4.83. The largest absolute Gasteiger partial charge is 0.378 e. The molecule has 0 radical (unpaired) electrons. The fraction of sp³-hybridized carbons (Fsp3) is 1.00. The molecule has 2 atom stereocenters. The Morgan fingerprint density at radius 3 is 2.43 bits per heavy atom. The van der Waals surface area contributed by atoms with Gasteiger partial charge in [0.25, 0.3) is 0 Å². The van der Waals surface area contributed by atoms with Crippen molar-refractivity contribution in [3.05, 3.63) is 0 Å². The number of hydrogen-bond acceptors (Lipinski definition) is 3. The minimum atomic E-state index is 0.411. The molecule has 0 aromatic carbocycles. The van der Waals surface area contributed by atoms with E-state index >= 15 is 0 Å². The third kappa shape index (κ3) is 4.00. The first-order valence-corrected chi connectivity index (χ1v) is 9.30. The third-order valence-corrected chi connectivity index (χ3v) is 5.90. The topological polar surface area (TPSA) is 24.5 Å². The first-order valence-electron chi connectivity index (χ1n) is 9.30. The molecule has 1 aliphatic heterocycles. The monoisotopic (exact) mass is 296 g/mol. The van der Waals surface area contributed by atoms with Crippen LogP contribution in [0, 0.1) is 0 Å². The van der Waals surface area contributed by atoms with Gasteiger partial charge in [-0.25, -0.2) is 0 Å². The molecule has 0 amide bonds. The van der Waals surface area contributed by atoms with Gasteiger partial charge in [0.2, 0.25) is 0 Å². The quantitative estimate of drug-likeness (QED) is 0.704. The summed E-state index contributed by atoms with van der Waals surface area (Å²) in [6.45, 7) is 8.00. The standard InChI is InChI=1S/C18H36N2O/c1-4-20(5-2)18(13-6-7-14-18)17(19-3)12-8-10-16-11-9-15-21-16/h16-17,19H,4-15H2,1-3H3. The average molecular weight is 296 g/mol. The summed E-state index contributed by atoms with van der Waals surface area (Å²) >= 11 is 0. The van der Waals surface area contributed by atoms with E-state index in [0.29, 0.717) is 17.7 Å². The van der Waals surface area contributed by atoms with E-state index in [4.69, 9.17) is 4.74 Å². The van der Waals surface area contributed by atoms with Crippen molar-refractivity contribution in [1.29, 1.82) is 0 Å². The van der Waals surface area contributed by atoms with Crippen molar-refractivity contribution in [2.24, 2.45) is 0 Å². The van der Waals surface area contributed by atoms with E-state index in [9.17, 15) is 0 Å². The van der Waals surface area contributed by atoms with Crippen LogP contribution in [0.15, 0.2) is 0 Å². The summed E-state index contributed by atoms with van der Waals surface area (Å²) in [7, 11) is 2.17. The van der Waals surface area contributed by atoms with Gasteiger partial charge < -0.3 is 10.1 Å².